The van der Waals surface area contributed by atoms with E-state index in [0.29, 0.717) is 11.3 Å². The molecule has 0 heterocycles. The lowest BCUT2D eigenvalue weighted by molar-refractivity contribution is -0.118. The number of aryl methyl sites for hydroxylation is 2. The van der Waals surface area contributed by atoms with Crippen LogP contribution >= 0.6 is 0 Å². The maximum atomic E-state index is 12.1. The van der Waals surface area contributed by atoms with E-state index >= 15 is 0 Å². The van der Waals surface area contributed by atoms with Gasteiger partial charge in [0, 0.05) is 18.3 Å². The number of aliphatic hydroxyl groups is 1. The molecule has 24 heavy (non-hydrogen) atoms. The van der Waals surface area contributed by atoms with Gasteiger partial charge in [-0.2, -0.15) is 0 Å². The van der Waals surface area contributed by atoms with Crippen molar-refractivity contribution in [3.63, 3.8) is 0 Å². The molecular weight excluding hydrogens is 304 g/mol. The predicted molar refractivity (Wildman–Crippen MR) is 94.9 cm³/mol. The van der Waals surface area contributed by atoms with Gasteiger partial charge in [0.2, 0.25) is 11.8 Å². The summed E-state index contributed by atoms with van der Waals surface area (Å²) in [7, 11) is 0. The van der Waals surface area contributed by atoms with Crippen LogP contribution in [-0.4, -0.2) is 16.9 Å². The number of aliphatic hydroxyl groups excluding tert-OH is 1. The fraction of sp³-hybridized carbons (Fsp3) is 0.263. The number of rotatable bonds is 5. The summed E-state index contributed by atoms with van der Waals surface area (Å²) in [4.78, 5) is 23.4. The fourth-order valence-electron chi connectivity index (χ4n) is 2.59. The van der Waals surface area contributed by atoms with Crippen LogP contribution in [0.5, 0.6) is 0 Å². The lowest BCUT2D eigenvalue weighted by Crippen LogP contribution is -2.16. The fourth-order valence-corrected chi connectivity index (χ4v) is 2.59. The van der Waals surface area contributed by atoms with Gasteiger partial charge >= 0.3 is 0 Å². The Morgan fingerprint density at radius 3 is 2.17 bits per heavy atom. The Balaban J connectivity index is 2.05. The molecule has 0 saturated carbocycles. The van der Waals surface area contributed by atoms with Crippen molar-refractivity contribution in [1.29, 1.82) is 0 Å². The van der Waals surface area contributed by atoms with Gasteiger partial charge < -0.3 is 15.7 Å². The number of hydrogen-bond acceptors (Lipinski definition) is 3. The molecule has 1 unspecified atom stereocenters. The smallest absolute Gasteiger partial charge is 0.227 e. The van der Waals surface area contributed by atoms with Crippen LogP contribution in [0.25, 0.3) is 0 Å². The highest BCUT2D eigenvalue weighted by molar-refractivity contribution is 5.94. The van der Waals surface area contributed by atoms with Gasteiger partial charge in [-0.05, 0) is 42.7 Å². The van der Waals surface area contributed by atoms with Gasteiger partial charge in [0.1, 0.15) is 0 Å². The molecule has 2 aromatic rings. The molecule has 2 rings (SSSR count). The van der Waals surface area contributed by atoms with Crippen molar-refractivity contribution in [3.05, 3.63) is 59.2 Å². The maximum absolute atomic E-state index is 12.1. The SMILES string of the molecule is CC(=O)Nc1c(C)cc(NC(=O)CC(O)c2ccccc2)cc1C. The minimum atomic E-state index is -0.841. The molecule has 0 aromatic heterocycles. The Kier molecular flexibility index (Phi) is 5.71. The van der Waals surface area contributed by atoms with Gasteiger partial charge in [-0.15, -0.1) is 0 Å². The zero-order valence-electron chi connectivity index (χ0n) is 14.1. The molecule has 2 aromatic carbocycles. The minimum Gasteiger partial charge on any atom is -0.388 e. The van der Waals surface area contributed by atoms with Crippen molar-refractivity contribution >= 4 is 23.2 Å². The third-order valence-electron chi connectivity index (χ3n) is 3.68. The van der Waals surface area contributed by atoms with Gasteiger partial charge in [0.25, 0.3) is 0 Å². The lowest BCUT2D eigenvalue weighted by Gasteiger charge is -2.15. The second-order valence-electron chi connectivity index (χ2n) is 5.85. The van der Waals surface area contributed by atoms with Crippen molar-refractivity contribution in [2.24, 2.45) is 0 Å². The van der Waals surface area contributed by atoms with Crippen molar-refractivity contribution < 1.29 is 14.7 Å². The highest BCUT2D eigenvalue weighted by atomic mass is 16.3. The summed E-state index contributed by atoms with van der Waals surface area (Å²) in [5.41, 5.74) is 3.84. The molecule has 0 fully saturated rings. The van der Waals surface area contributed by atoms with Crippen LogP contribution in [-0.2, 0) is 9.59 Å². The summed E-state index contributed by atoms with van der Waals surface area (Å²) in [6.45, 7) is 5.19. The van der Waals surface area contributed by atoms with Gasteiger partial charge in [0.15, 0.2) is 0 Å². The van der Waals surface area contributed by atoms with Crippen LogP contribution in [0.15, 0.2) is 42.5 Å². The quantitative estimate of drug-likeness (QED) is 0.788. The van der Waals surface area contributed by atoms with Crippen LogP contribution in [0.3, 0.4) is 0 Å². The van der Waals surface area contributed by atoms with Crippen molar-refractivity contribution in [2.75, 3.05) is 10.6 Å². The molecule has 126 valence electrons. The molecule has 0 bridgehead atoms. The van der Waals surface area contributed by atoms with Crippen LogP contribution < -0.4 is 10.6 Å². The van der Waals surface area contributed by atoms with Crippen molar-refractivity contribution in [3.8, 4) is 0 Å². The van der Waals surface area contributed by atoms with E-state index < -0.39 is 6.10 Å². The molecular formula is C19H22N2O3. The van der Waals surface area contributed by atoms with E-state index in [2.05, 4.69) is 10.6 Å². The second kappa shape index (κ2) is 7.75. The van der Waals surface area contributed by atoms with E-state index in [-0.39, 0.29) is 18.2 Å². The molecule has 5 nitrogen and oxygen atoms in total. The number of nitrogens with one attached hydrogen (secondary N) is 2. The normalized spacial score (nSPS) is 11.7. The molecule has 1 atom stereocenters. The number of carbonyl (C=O) groups is 2. The van der Waals surface area contributed by atoms with E-state index in [9.17, 15) is 14.7 Å². The lowest BCUT2D eigenvalue weighted by atomic mass is 10.1. The first-order chi connectivity index (χ1) is 11.4. The number of carbonyl (C=O) groups excluding carboxylic acids is 2. The molecule has 0 spiro atoms. The standard InChI is InChI=1S/C19H22N2O3/c1-12-9-16(10-13(2)19(12)20-14(3)22)21-18(24)11-17(23)15-7-5-4-6-8-15/h4-10,17,23H,11H2,1-3H3,(H,20,22)(H,21,24). The molecule has 2 amide bonds. The first-order valence-electron chi connectivity index (χ1n) is 7.78. The molecule has 0 radical (unpaired) electrons. The monoisotopic (exact) mass is 326 g/mol. The topological polar surface area (TPSA) is 78.4 Å². The summed E-state index contributed by atoms with van der Waals surface area (Å²) < 4.78 is 0. The summed E-state index contributed by atoms with van der Waals surface area (Å²) in [5.74, 6) is -0.401. The third kappa shape index (κ3) is 4.67. The Bertz CT molecular complexity index is 719. The molecule has 3 N–H and O–H groups in total. The van der Waals surface area contributed by atoms with Gasteiger partial charge in [-0.3, -0.25) is 9.59 Å². The first kappa shape index (κ1) is 17.7. The number of anilines is 2. The van der Waals surface area contributed by atoms with Gasteiger partial charge in [-0.25, -0.2) is 0 Å². The summed E-state index contributed by atoms with van der Waals surface area (Å²) >= 11 is 0. The first-order valence-corrected chi connectivity index (χ1v) is 7.78. The van der Waals surface area contributed by atoms with E-state index in [1.807, 2.05) is 32.0 Å². The van der Waals surface area contributed by atoms with E-state index in [1.54, 1.807) is 24.3 Å². The summed E-state index contributed by atoms with van der Waals surface area (Å²) in [6, 6.07) is 12.7. The van der Waals surface area contributed by atoms with Crippen LogP contribution in [0, 0.1) is 13.8 Å². The van der Waals surface area contributed by atoms with E-state index in [4.69, 9.17) is 0 Å². The summed E-state index contributed by atoms with van der Waals surface area (Å²) in [6.07, 6.45) is -0.859. The second-order valence-corrected chi connectivity index (χ2v) is 5.85. The van der Waals surface area contributed by atoms with E-state index in [1.165, 1.54) is 6.92 Å². The van der Waals surface area contributed by atoms with E-state index in [0.717, 1.165) is 16.8 Å². The Labute approximate surface area is 141 Å². The third-order valence-corrected chi connectivity index (χ3v) is 3.68. The molecule has 0 saturated heterocycles. The molecule has 0 aliphatic carbocycles. The Morgan fingerprint density at radius 2 is 1.62 bits per heavy atom. The van der Waals surface area contributed by atoms with Crippen molar-refractivity contribution in [1.82, 2.24) is 0 Å². The van der Waals surface area contributed by atoms with Gasteiger partial charge in [0.05, 0.1) is 12.5 Å². The molecule has 0 aliphatic rings. The predicted octanol–water partition coefficient (Wildman–Crippen LogP) is 3.32. The maximum Gasteiger partial charge on any atom is 0.227 e. The average Bonchev–Trinajstić information content (AvgIpc) is 2.51. The zero-order valence-corrected chi connectivity index (χ0v) is 14.1. The molecule has 5 heteroatoms. The highest BCUT2D eigenvalue weighted by Crippen LogP contribution is 2.25. The Morgan fingerprint density at radius 1 is 1.04 bits per heavy atom. The number of benzene rings is 2. The van der Waals surface area contributed by atoms with Crippen LogP contribution in [0.1, 0.15) is 36.1 Å². The van der Waals surface area contributed by atoms with Crippen LogP contribution in [0.4, 0.5) is 11.4 Å². The largest absolute Gasteiger partial charge is 0.388 e. The number of amides is 2. The van der Waals surface area contributed by atoms with Gasteiger partial charge in [-0.1, -0.05) is 30.3 Å². The molecule has 0 aliphatic heterocycles. The number of hydrogen-bond donors (Lipinski definition) is 3. The highest BCUT2D eigenvalue weighted by Gasteiger charge is 2.14. The average molecular weight is 326 g/mol. The van der Waals surface area contributed by atoms with Crippen LogP contribution in [0.2, 0.25) is 0 Å². The summed E-state index contributed by atoms with van der Waals surface area (Å²) in [5, 5.41) is 15.7. The Hall–Kier alpha value is -2.66. The van der Waals surface area contributed by atoms with Crippen molar-refractivity contribution in [2.45, 2.75) is 33.3 Å². The minimum absolute atomic E-state index is 0.0183. The zero-order chi connectivity index (χ0) is 17.7.